The standard InChI is InChI=1S/C47H60F2N8O5S/c1-6-56-39-13-12-28-18-31(39)35(42(56)34-19-30(23-50-41(34)27(2)61-5)55-17-16-54-14-8-7-10-29(54)24-55)22-47(3,4)26-62-46(60)36-11-9-15-57(53-36)45(59)37(21-40-51-38(28)25-63-40)52-44(58)33-20-32(33)43(48)49/h12-13,18-19,23,25,27,29,32-33,36-37,43,53H,6-11,14-17,20-22,24,26H2,1-5H3,(H,52,58)/t27-,29+,32-,33-,36-,37-/m0/s1. The Kier molecular flexibility index (Phi) is 12.4. The number of hydrazine groups is 1. The topological polar surface area (TPSA) is 134 Å². The van der Waals surface area contributed by atoms with Gasteiger partial charge in [0, 0.05) is 97.0 Å². The maximum absolute atomic E-state index is 14.2. The number of rotatable bonds is 8. The Morgan fingerprint density at radius 2 is 1.95 bits per heavy atom. The van der Waals surface area contributed by atoms with Crippen molar-refractivity contribution < 1.29 is 32.6 Å². The molecule has 1 aliphatic carbocycles. The molecule has 338 valence electrons. The molecule has 5 aliphatic rings. The van der Waals surface area contributed by atoms with Crippen molar-refractivity contribution in [2.45, 2.75) is 116 Å². The van der Waals surface area contributed by atoms with E-state index >= 15 is 0 Å². The Bertz CT molecular complexity index is 2370. The smallest absolute Gasteiger partial charge is 0.324 e. The van der Waals surface area contributed by atoms with E-state index in [4.69, 9.17) is 19.4 Å². The lowest BCUT2D eigenvalue weighted by Gasteiger charge is -2.45. The Labute approximate surface area is 371 Å². The fourth-order valence-corrected chi connectivity index (χ4v) is 11.1. The number of esters is 1. The molecule has 16 heteroatoms. The van der Waals surface area contributed by atoms with Crippen molar-refractivity contribution in [2.24, 2.45) is 17.3 Å². The van der Waals surface area contributed by atoms with Crippen molar-refractivity contribution >= 4 is 45.7 Å². The minimum atomic E-state index is -2.60. The number of halogens is 2. The predicted molar refractivity (Wildman–Crippen MR) is 238 cm³/mol. The normalized spacial score (nSPS) is 26.0. The fraction of sp³-hybridized carbons (Fsp3) is 0.596. The number of nitrogens with one attached hydrogen (secondary N) is 2. The van der Waals surface area contributed by atoms with Crippen LogP contribution in [0.3, 0.4) is 0 Å². The number of alkyl halides is 2. The van der Waals surface area contributed by atoms with Crippen LogP contribution in [0, 0.1) is 17.3 Å². The highest BCUT2D eigenvalue weighted by Gasteiger charge is 2.50. The summed E-state index contributed by atoms with van der Waals surface area (Å²) in [5.41, 5.74) is 10.4. The number of carbonyl (C=O) groups is 3. The molecule has 4 fully saturated rings. The molecule has 1 aromatic carbocycles. The summed E-state index contributed by atoms with van der Waals surface area (Å²) in [6.45, 7) is 13.7. The molecule has 6 atom stereocenters. The first-order valence-electron chi connectivity index (χ1n) is 22.8. The number of amides is 2. The van der Waals surface area contributed by atoms with E-state index in [1.54, 1.807) is 7.11 Å². The van der Waals surface area contributed by atoms with Crippen molar-refractivity contribution in [2.75, 3.05) is 51.3 Å². The first-order valence-corrected chi connectivity index (χ1v) is 23.6. The van der Waals surface area contributed by atoms with Crippen LogP contribution < -0.4 is 15.6 Å². The van der Waals surface area contributed by atoms with Crippen molar-refractivity contribution in [3.8, 4) is 22.5 Å². The Hall–Kier alpha value is -4.51. The van der Waals surface area contributed by atoms with Crippen molar-refractivity contribution in [1.82, 2.24) is 35.2 Å². The van der Waals surface area contributed by atoms with Crippen LogP contribution in [-0.4, -0.2) is 113 Å². The number of ether oxygens (including phenoxy) is 2. The predicted octanol–water partition coefficient (Wildman–Crippen LogP) is 6.78. The number of aryl methyl sites for hydroxylation is 1. The SMILES string of the molecule is CCn1c(-c2cc(N3CCN4CCCC[C@@H]4C3)cnc2[C@H](C)OC)c2c3cc(ccc31)-c1csc(n1)C[C@H](NC(=O)[C@H]1C[C@@H]1C(F)F)C(=O)N1CCC[C@H](N1)C(=O)OCC(C)(C)C2. The van der Waals surface area contributed by atoms with E-state index in [0.29, 0.717) is 43.4 Å². The van der Waals surface area contributed by atoms with E-state index in [2.05, 4.69) is 70.1 Å². The number of anilines is 1. The molecule has 6 bridgehead atoms. The van der Waals surface area contributed by atoms with E-state index in [0.717, 1.165) is 70.0 Å². The molecule has 9 rings (SSSR count). The lowest BCUT2D eigenvalue weighted by atomic mass is 9.84. The summed E-state index contributed by atoms with van der Waals surface area (Å²) in [6.07, 6.45) is 4.58. The lowest BCUT2D eigenvalue weighted by molar-refractivity contribution is -0.155. The molecule has 3 saturated heterocycles. The summed E-state index contributed by atoms with van der Waals surface area (Å²) >= 11 is 1.39. The summed E-state index contributed by atoms with van der Waals surface area (Å²) in [5.74, 6) is -3.35. The third-order valence-electron chi connectivity index (χ3n) is 13.9. The van der Waals surface area contributed by atoms with Crippen molar-refractivity contribution in [3.63, 3.8) is 0 Å². The zero-order valence-electron chi connectivity index (χ0n) is 37.0. The van der Waals surface area contributed by atoms with Gasteiger partial charge in [-0.25, -0.2) is 19.2 Å². The van der Waals surface area contributed by atoms with Gasteiger partial charge >= 0.3 is 5.97 Å². The van der Waals surface area contributed by atoms with Crippen LogP contribution in [0.15, 0.2) is 35.8 Å². The highest BCUT2D eigenvalue weighted by molar-refractivity contribution is 7.10. The number of fused-ring (bicyclic) bond motifs is 7. The first-order chi connectivity index (χ1) is 30.3. The van der Waals surface area contributed by atoms with Gasteiger partial charge in [0.25, 0.3) is 5.91 Å². The minimum Gasteiger partial charge on any atom is -0.464 e. The van der Waals surface area contributed by atoms with Gasteiger partial charge in [-0.05, 0) is 82.7 Å². The van der Waals surface area contributed by atoms with Gasteiger partial charge in [-0.1, -0.05) is 26.3 Å². The van der Waals surface area contributed by atoms with E-state index in [9.17, 15) is 23.2 Å². The van der Waals surface area contributed by atoms with Crippen LogP contribution >= 0.6 is 11.3 Å². The van der Waals surface area contributed by atoms with Gasteiger partial charge in [0.05, 0.1) is 46.7 Å². The maximum Gasteiger partial charge on any atom is 0.324 e. The maximum atomic E-state index is 14.2. The second-order valence-electron chi connectivity index (χ2n) is 18.9. The van der Waals surface area contributed by atoms with Gasteiger partial charge < -0.3 is 24.3 Å². The monoisotopic (exact) mass is 886 g/mol. The number of piperidine rings is 1. The molecule has 2 N–H and O–H groups in total. The van der Waals surface area contributed by atoms with E-state index < -0.39 is 53.5 Å². The number of nitrogens with zero attached hydrogens (tertiary/aromatic N) is 6. The fourth-order valence-electron chi connectivity index (χ4n) is 10.2. The van der Waals surface area contributed by atoms with Gasteiger partial charge in [-0.3, -0.25) is 29.3 Å². The molecule has 4 aliphatic heterocycles. The molecule has 1 saturated carbocycles. The first kappa shape index (κ1) is 43.7. The van der Waals surface area contributed by atoms with Gasteiger partial charge in [0.2, 0.25) is 12.3 Å². The van der Waals surface area contributed by atoms with Crippen LogP contribution in [0.25, 0.3) is 33.4 Å². The zero-order valence-corrected chi connectivity index (χ0v) is 37.8. The average Bonchev–Trinajstić information content (AvgIpc) is 3.89. The minimum absolute atomic E-state index is 0.0617. The Morgan fingerprint density at radius 3 is 2.73 bits per heavy atom. The van der Waals surface area contributed by atoms with Crippen LogP contribution in [0.4, 0.5) is 14.5 Å². The number of cyclic esters (lactones) is 1. The van der Waals surface area contributed by atoms with E-state index in [-0.39, 0.29) is 25.6 Å². The van der Waals surface area contributed by atoms with E-state index in [1.165, 1.54) is 42.2 Å². The number of pyridine rings is 1. The average molecular weight is 887 g/mol. The summed E-state index contributed by atoms with van der Waals surface area (Å²) < 4.78 is 41.4. The number of methoxy groups -OCH3 is 1. The number of carbonyl (C=O) groups excluding carboxylic acids is 3. The van der Waals surface area contributed by atoms with Crippen LogP contribution in [0.5, 0.6) is 0 Å². The van der Waals surface area contributed by atoms with E-state index in [1.807, 2.05) is 18.5 Å². The molecular formula is C47H60F2N8O5S. The number of aromatic nitrogens is 3. The number of hydrogen-bond donors (Lipinski definition) is 2. The number of thiazole rings is 1. The molecule has 0 unspecified atom stereocenters. The highest BCUT2D eigenvalue weighted by Crippen LogP contribution is 2.45. The number of piperazine rings is 1. The zero-order chi connectivity index (χ0) is 44.2. The van der Waals surface area contributed by atoms with Crippen LogP contribution in [-0.2, 0) is 43.2 Å². The Morgan fingerprint density at radius 1 is 1.11 bits per heavy atom. The van der Waals surface area contributed by atoms with Gasteiger partial charge in [-0.15, -0.1) is 11.3 Å². The molecule has 0 radical (unpaired) electrons. The molecule has 3 aromatic heterocycles. The lowest BCUT2D eigenvalue weighted by Crippen LogP contribution is -2.60. The molecule has 13 nitrogen and oxygen atoms in total. The van der Waals surface area contributed by atoms with Crippen molar-refractivity contribution in [3.05, 3.63) is 52.1 Å². The van der Waals surface area contributed by atoms with Gasteiger partial charge in [-0.2, -0.15) is 0 Å². The molecule has 63 heavy (non-hydrogen) atoms. The van der Waals surface area contributed by atoms with Gasteiger partial charge in [0.1, 0.15) is 12.1 Å². The summed E-state index contributed by atoms with van der Waals surface area (Å²) in [5, 5.41) is 7.79. The molecule has 0 spiro atoms. The molecule has 4 aromatic rings. The molecule has 7 heterocycles. The van der Waals surface area contributed by atoms with Crippen molar-refractivity contribution in [1.29, 1.82) is 0 Å². The third kappa shape index (κ3) is 8.84. The summed E-state index contributed by atoms with van der Waals surface area (Å²) in [4.78, 5) is 56.6. The number of benzene rings is 1. The molecular weight excluding hydrogens is 827 g/mol. The third-order valence-corrected chi connectivity index (χ3v) is 14.8. The quantitative estimate of drug-likeness (QED) is 0.183. The molecule has 2 amide bonds. The van der Waals surface area contributed by atoms with Gasteiger partial charge in [0.15, 0.2) is 0 Å². The van der Waals surface area contributed by atoms with Crippen LogP contribution in [0.1, 0.15) is 88.6 Å². The second kappa shape index (κ2) is 17.8. The van der Waals surface area contributed by atoms with Crippen LogP contribution in [0.2, 0.25) is 0 Å². The second-order valence-corrected chi connectivity index (χ2v) is 19.9. The number of hydrogen-bond acceptors (Lipinski definition) is 11. The summed E-state index contributed by atoms with van der Waals surface area (Å²) in [6, 6.07) is 7.39. The summed E-state index contributed by atoms with van der Waals surface area (Å²) in [7, 11) is 1.72. The highest BCUT2D eigenvalue weighted by atomic mass is 32.1. The Balaban J connectivity index is 1.14. The largest absolute Gasteiger partial charge is 0.464 e.